The lowest BCUT2D eigenvalue weighted by molar-refractivity contribution is 0.0694. The summed E-state index contributed by atoms with van der Waals surface area (Å²) in [7, 11) is 0. The van der Waals surface area contributed by atoms with Crippen molar-refractivity contribution >= 4 is 79.7 Å². The molecule has 0 atom stereocenters. The molecule has 0 spiro atoms. The Labute approximate surface area is 137 Å². The fourth-order valence-electron chi connectivity index (χ4n) is 1.14. The molecule has 0 aromatic heterocycles. The maximum Gasteiger partial charge on any atom is 0.337 e. The molecule has 5 nitrogen and oxygen atoms in total. The first kappa shape index (κ1) is 14.9. The highest BCUT2D eigenvalue weighted by molar-refractivity contribution is 14.1. The summed E-state index contributed by atoms with van der Waals surface area (Å²) in [6.45, 7) is 0. The van der Waals surface area contributed by atoms with Gasteiger partial charge in [0.1, 0.15) is 6.07 Å². The number of carbonyl (C=O) groups is 2. The molecule has 17 heavy (non-hydrogen) atoms. The van der Waals surface area contributed by atoms with Crippen LogP contribution in [-0.4, -0.2) is 22.2 Å². The Morgan fingerprint density at radius 1 is 0.941 bits per heavy atom. The number of halogens is 3. The van der Waals surface area contributed by atoms with Gasteiger partial charge < -0.3 is 10.2 Å². The highest BCUT2D eigenvalue weighted by Crippen LogP contribution is 2.31. The lowest BCUT2D eigenvalue weighted by Crippen LogP contribution is -2.14. The van der Waals surface area contributed by atoms with Crippen LogP contribution in [0.15, 0.2) is 0 Å². The standard InChI is InChI=1S/C9H2I3NO4/c10-5-2(1-13)6(11)4(9(16)17)7(12)3(5)8(14)15/h(H,14,15)(H,16,17). The average Bonchev–Trinajstić information content (AvgIpc) is 2.16. The zero-order valence-corrected chi connectivity index (χ0v) is 14.3. The number of nitrogens with zero attached hydrogens (tertiary/aromatic N) is 1. The minimum absolute atomic E-state index is 0.0846. The molecule has 0 amide bonds. The Kier molecular flexibility index (Phi) is 4.95. The Morgan fingerprint density at radius 2 is 1.29 bits per heavy atom. The molecule has 1 aromatic rings. The Morgan fingerprint density at radius 3 is 1.53 bits per heavy atom. The number of rotatable bonds is 2. The maximum absolute atomic E-state index is 11.1. The number of carboxylic acid groups (broad SMARTS) is 2. The number of hydrogen-bond donors (Lipinski definition) is 2. The van der Waals surface area contributed by atoms with Crippen LogP contribution in [0.2, 0.25) is 0 Å². The summed E-state index contributed by atoms with van der Waals surface area (Å²) in [4.78, 5) is 22.2. The molecule has 0 saturated heterocycles. The molecule has 0 radical (unpaired) electrons. The van der Waals surface area contributed by atoms with Crippen LogP contribution in [0.25, 0.3) is 0 Å². The quantitative estimate of drug-likeness (QED) is 0.535. The van der Waals surface area contributed by atoms with E-state index in [2.05, 4.69) is 0 Å². The van der Waals surface area contributed by atoms with Gasteiger partial charge >= 0.3 is 11.9 Å². The van der Waals surface area contributed by atoms with E-state index in [0.29, 0.717) is 0 Å². The molecule has 0 bridgehead atoms. The number of nitriles is 1. The average molecular weight is 569 g/mol. The summed E-state index contributed by atoms with van der Waals surface area (Å²) in [5, 5.41) is 27.1. The monoisotopic (exact) mass is 569 g/mol. The molecule has 0 fully saturated rings. The van der Waals surface area contributed by atoms with Crippen molar-refractivity contribution in [3.8, 4) is 6.07 Å². The van der Waals surface area contributed by atoms with Crippen LogP contribution in [0.1, 0.15) is 26.3 Å². The van der Waals surface area contributed by atoms with Crippen LogP contribution in [0.4, 0.5) is 0 Å². The van der Waals surface area contributed by atoms with Crippen molar-refractivity contribution < 1.29 is 19.8 Å². The minimum Gasteiger partial charge on any atom is -0.478 e. The van der Waals surface area contributed by atoms with Crippen LogP contribution < -0.4 is 0 Å². The first-order valence-electron chi connectivity index (χ1n) is 3.90. The number of benzene rings is 1. The van der Waals surface area contributed by atoms with Crippen molar-refractivity contribution in [2.24, 2.45) is 0 Å². The third-order valence-electron chi connectivity index (χ3n) is 1.86. The van der Waals surface area contributed by atoms with Gasteiger partial charge in [0.15, 0.2) is 0 Å². The van der Waals surface area contributed by atoms with Gasteiger partial charge in [-0.15, -0.1) is 0 Å². The van der Waals surface area contributed by atoms with Crippen LogP contribution in [0.5, 0.6) is 0 Å². The van der Waals surface area contributed by atoms with Gasteiger partial charge in [0.25, 0.3) is 0 Å². The zero-order chi connectivity index (χ0) is 13.3. The van der Waals surface area contributed by atoms with Crippen LogP contribution >= 0.6 is 67.8 Å². The molecule has 88 valence electrons. The van der Waals surface area contributed by atoms with E-state index in [4.69, 9.17) is 15.5 Å². The lowest BCUT2D eigenvalue weighted by atomic mass is 10.1. The molecule has 0 heterocycles. The molecule has 0 saturated carbocycles. The fourth-order valence-corrected chi connectivity index (χ4v) is 5.47. The summed E-state index contributed by atoms with van der Waals surface area (Å²) in [6, 6.07) is 1.84. The molecular weight excluding hydrogens is 567 g/mol. The van der Waals surface area contributed by atoms with E-state index in [-0.39, 0.29) is 27.4 Å². The molecule has 0 aliphatic heterocycles. The minimum atomic E-state index is -1.24. The largest absolute Gasteiger partial charge is 0.478 e. The molecular formula is C9H2I3NO4. The van der Waals surface area contributed by atoms with Gasteiger partial charge in [-0.05, 0) is 67.8 Å². The molecule has 0 aliphatic rings. The number of carboxylic acids is 2. The predicted molar refractivity (Wildman–Crippen MR) is 83.2 cm³/mol. The number of aromatic carboxylic acids is 2. The smallest absolute Gasteiger partial charge is 0.337 e. The van der Waals surface area contributed by atoms with E-state index < -0.39 is 11.9 Å². The van der Waals surface area contributed by atoms with Gasteiger partial charge in [-0.2, -0.15) is 5.26 Å². The summed E-state index contributed by atoms with van der Waals surface area (Å²) in [5.74, 6) is -2.48. The van der Waals surface area contributed by atoms with Gasteiger partial charge in [-0.3, -0.25) is 0 Å². The second kappa shape index (κ2) is 5.65. The van der Waals surface area contributed by atoms with Crippen molar-refractivity contribution in [3.05, 3.63) is 27.4 Å². The van der Waals surface area contributed by atoms with E-state index in [0.717, 1.165) is 0 Å². The molecule has 8 heteroatoms. The highest BCUT2D eigenvalue weighted by Gasteiger charge is 2.27. The zero-order valence-electron chi connectivity index (χ0n) is 7.79. The van der Waals surface area contributed by atoms with Gasteiger partial charge in [0.05, 0.1) is 16.7 Å². The lowest BCUT2D eigenvalue weighted by Gasteiger charge is -2.11. The van der Waals surface area contributed by atoms with Crippen molar-refractivity contribution in [1.29, 1.82) is 5.26 Å². The van der Waals surface area contributed by atoms with E-state index in [1.54, 1.807) is 67.8 Å². The summed E-state index contributed by atoms with van der Waals surface area (Å²) >= 11 is 5.16. The number of hydrogen-bond acceptors (Lipinski definition) is 3. The van der Waals surface area contributed by atoms with Gasteiger partial charge in [0.2, 0.25) is 0 Å². The topological polar surface area (TPSA) is 98.4 Å². The highest BCUT2D eigenvalue weighted by atomic mass is 127. The van der Waals surface area contributed by atoms with Crippen LogP contribution in [0.3, 0.4) is 0 Å². The fraction of sp³-hybridized carbons (Fsp3) is 0. The van der Waals surface area contributed by atoms with E-state index in [1.165, 1.54) is 0 Å². The summed E-state index contributed by atoms with van der Waals surface area (Å²) in [5.41, 5.74) is -0.192. The second-order valence-corrected chi connectivity index (χ2v) is 6.03. The summed E-state index contributed by atoms with van der Waals surface area (Å²) < 4.78 is 0.656. The second-order valence-electron chi connectivity index (χ2n) is 2.79. The van der Waals surface area contributed by atoms with Crippen molar-refractivity contribution in [2.75, 3.05) is 0 Å². The van der Waals surface area contributed by atoms with Gasteiger partial charge in [-0.1, -0.05) is 0 Å². The third-order valence-corrected chi connectivity index (χ3v) is 5.09. The van der Waals surface area contributed by atoms with Crippen LogP contribution in [0, 0.1) is 22.0 Å². The molecule has 1 rings (SSSR count). The van der Waals surface area contributed by atoms with E-state index in [9.17, 15) is 9.59 Å². The maximum atomic E-state index is 11.1. The molecule has 0 aliphatic carbocycles. The molecule has 0 unspecified atom stereocenters. The SMILES string of the molecule is N#Cc1c(I)c(C(=O)O)c(I)c(C(=O)O)c1I. The van der Waals surface area contributed by atoms with Crippen molar-refractivity contribution in [2.45, 2.75) is 0 Å². The van der Waals surface area contributed by atoms with Crippen molar-refractivity contribution in [3.63, 3.8) is 0 Å². The van der Waals surface area contributed by atoms with Crippen molar-refractivity contribution in [1.82, 2.24) is 0 Å². The first-order chi connectivity index (χ1) is 7.82. The first-order valence-corrected chi connectivity index (χ1v) is 7.13. The van der Waals surface area contributed by atoms with Gasteiger partial charge in [0, 0.05) is 10.7 Å². The summed E-state index contributed by atoms with van der Waals surface area (Å²) in [6.07, 6.45) is 0. The van der Waals surface area contributed by atoms with E-state index >= 15 is 0 Å². The van der Waals surface area contributed by atoms with E-state index in [1.807, 2.05) is 6.07 Å². The Hall–Kier alpha value is -0.160. The third kappa shape index (κ3) is 2.65. The normalized spacial score (nSPS) is 9.76. The Bertz CT molecular complexity index is 536. The van der Waals surface area contributed by atoms with Crippen LogP contribution in [-0.2, 0) is 0 Å². The van der Waals surface area contributed by atoms with Gasteiger partial charge in [-0.25, -0.2) is 9.59 Å². The molecule has 1 aromatic carbocycles. The molecule has 2 N–H and O–H groups in total. The Balaban J connectivity index is 3.91. The predicted octanol–water partition coefficient (Wildman–Crippen LogP) is 2.77.